The fourth-order valence-corrected chi connectivity index (χ4v) is 2.41. The van der Waals surface area contributed by atoms with E-state index in [9.17, 15) is 0 Å². The first kappa shape index (κ1) is 11.9. The Bertz CT molecular complexity index is 953. The molecule has 0 radical (unpaired) electrons. The normalized spacial score (nSPS) is 11.6. The van der Waals surface area contributed by atoms with Crippen LogP contribution in [-0.4, -0.2) is 11.2 Å². The first-order valence-corrected chi connectivity index (χ1v) is 6.74. The molecule has 0 saturated carbocycles. The third kappa shape index (κ3) is 2.19. The lowest BCUT2D eigenvalue weighted by atomic mass is 10.1. The van der Waals surface area contributed by atoms with E-state index in [1.807, 2.05) is 42.6 Å². The van der Waals surface area contributed by atoms with Gasteiger partial charge in [-0.25, -0.2) is 0 Å². The van der Waals surface area contributed by atoms with Crippen molar-refractivity contribution >= 4 is 33.6 Å². The molecule has 0 spiro atoms. The van der Waals surface area contributed by atoms with Crippen LogP contribution < -0.4 is 0 Å². The number of pyridine rings is 1. The van der Waals surface area contributed by atoms with Gasteiger partial charge in [-0.1, -0.05) is 24.3 Å². The lowest BCUT2D eigenvalue weighted by molar-refractivity contribution is 0.572. The minimum absolute atomic E-state index is 0.910. The van der Waals surface area contributed by atoms with Crippen molar-refractivity contribution in [3.63, 3.8) is 0 Å². The van der Waals surface area contributed by atoms with Crippen LogP contribution in [0.4, 0.5) is 5.69 Å². The summed E-state index contributed by atoms with van der Waals surface area (Å²) in [6.07, 6.45) is 7.13. The van der Waals surface area contributed by atoms with E-state index in [2.05, 4.69) is 22.1 Å². The molecule has 2 aromatic carbocycles. The summed E-state index contributed by atoms with van der Waals surface area (Å²) < 4.78 is 5.23. The van der Waals surface area contributed by atoms with Crippen molar-refractivity contribution in [1.29, 1.82) is 0 Å². The van der Waals surface area contributed by atoms with Crippen molar-refractivity contribution in [3.05, 3.63) is 72.8 Å². The van der Waals surface area contributed by atoms with Crippen LogP contribution in [0.25, 0.3) is 21.7 Å². The van der Waals surface area contributed by atoms with E-state index in [1.54, 1.807) is 18.7 Å². The zero-order valence-corrected chi connectivity index (χ0v) is 11.2. The Kier molecular flexibility index (Phi) is 2.75. The van der Waals surface area contributed by atoms with E-state index in [0.717, 1.165) is 32.9 Å². The lowest BCUT2D eigenvalue weighted by Gasteiger charge is -1.99. The van der Waals surface area contributed by atoms with Crippen LogP contribution in [0, 0.1) is 0 Å². The fourth-order valence-electron chi connectivity index (χ4n) is 2.41. The Morgan fingerprint density at radius 1 is 0.952 bits per heavy atom. The first-order valence-electron chi connectivity index (χ1n) is 6.74. The summed E-state index contributed by atoms with van der Waals surface area (Å²) in [7, 11) is 0. The van der Waals surface area contributed by atoms with Crippen LogP contribution in [0.3, 0.4) is 0 Å². The van der Waals surface area contributed by atoms with Gasteiger partial charge in [-0.2, -0.15) is 0 Å². The first-order chi connectivity index (χ1) is 10.4. The third-order valence-electron chi connectivity index (χ3n) is 3.48. The van der Waals surface area contributed by atoms with Gasteiger partial charge in [-0.3, -0.25) is 9.98 Å². The summed E-state index contributed by atoms with van der Waals surface area (Å²) in [6.45, 7) is 0. The number of benzene rings is 2. The van der Waals surface area contributed by atoms with E-state index in [0.29, 0.717) is 0 Å². The molecular weight excluding hydrogens is 260 g/mol. The molecule has 4 aromatic rings. The van der Waals surface area contributed by atoms with Gasteiger partial charge < -0.3 is 4.42 Å². The van der Waals surface area contributed by atoms with Crippen molar-refractivity contribution in [2.75, 3.05) is 0 Å². The van der Waals surface area contributed by atoms with Gasteiger partial charge >= 0.3 is 0 Å². The molecule has 0 bridgehead atoms. The molecule has 0 aliphatic carbocycles. The van der Waals surface area contributed by atoms with Crippen LogP contribution in [-0.2, 0) is 0 Å². The summed E-state index contributed by atoms with van der Waals surface area (Å²) >= 11 is 0. The highest BCUT2D eigenvalue weighted by Gasteiger charge is 2.01. The smallest absolute Gasteiger partial charge is 0.100 e. The maximum atomic E-state index is 5.23. The second-order valence-corrected chi connectivity index (χ2v) is 4.87. The van der Waals surface area contributed by atoms with Crippen molar-refractivity contribution in [1.82, 2.24) is 4.98 Å². The average Bonchev–Trinajstić information content (AvgIpc) is 3.02. The van der Waals surface area contributed by atoms with E-state index in [-0.39, 0.29) is 0 Å². The molecule has 0 aliphatic rings. The molecule has 3 nitrogen and oxygen atoms in total. The Hall–Kier alpha value is -2.94. The van der Waals surface area contributed by atoms with E-state index >= 15 is 0 Å². The Balaban J connectivity index is 1.75. The summed E-state index contributed by atoms with van der Waals surface area (Å²) in [5, 5.41) is 3.20. The minimum atomic E-state index is 0.910. The zero-order chi connectivity index (χ0) is 14.1. The molecule has 0 atom stereocenters. The van der Waals surface area contributed by atoms with Crippen LogP contribution in [0.5, 0.6) is 0 Å². The highest BCUT2D eigenvalue weighted by Crippen LogP contribution is 2.26. The van der Waals surface area contributed by atoms with Gasteiger partial charge in [-0.15, -0.1) is 0 Å². The molecule has 100 valence electrons. The average molecular weight is 272 g/mol. The number of hydrogen-bond donors (Lipinski definition) is 0. The summed E-state index contributed by atoms with van der Waals surface area (Å²) in [4.78, 5) is 8.90. The van der Waals surface area contributed by atoms with Gasteiger partial charge in [0.2, 0.25) is 0 Å². The van der Waals surface area contributed by atoms with Gasteiger partial charge in [0.15, 0.2) is 0 Å². The highest BCUT2D eigenvalue weighted by molar-refractivity contribution is 5.95. The number of fused-ring (bicyclic) bond motifs is 2. The zero-order valence-electron chi connectivity index (χ0n) is 11.2. The Labute approximate surface area is 121 Å². The SMILES string of the molecule is C(=Nc1cccc2cocc12)c1ccc2ncccc2c1. The second kappa shape index (κ2) is 4.87. The number of nitrogens with zero attached hydrogens (tertiary/aromatic N) is 2. The summed E-state index contributed by atoms with van der Waals surface area (Å²) in [5.74, 6) is 0. The van der Waals surface area contributed by atoms with Crippen LogP contribution >= 0.6 is 0 Å². The minimum Gasteiger partial charge on any atom is -0.471 e. The largest absolute Gasteiger partial charge is 0.471 e. The monoisotopic (exact) mass is 272 g/mol. The predicted octanol–water partition coefficient (Wildman–Crippen LogP) is 4.73. The Morgan fingerprint density at radius 3 is 2.90 bits per heavy atom. The topological polar surface area (TPSA) is 38.4 Å². The van der Waals surface area contributed by atoms with Gasteiger partial charge in [0.05, 0.1) is 17.5 Å². The van der Waals surface area contributed by atoms with Gasteiger partial charge in [-0.05, 0) is 29.8 Å². The number of aromatic nitrogens is 1. The van der Waals surface area contributed by atoms with Crippen molar-refractivity contribution < 1.29 is 4.42 Å². The van der Waals surface area contributed by atoms with Gasteiger partial charge in [0.25, 0.3) is 0 Å². The molecular formula is C18H12N2O. The van der Waals surface area contributed by atoms with Crippen LogP contribution in [0.1, 0.15) is 5.56 Å². The predicted molar refractivity (Wildman–Crippen MR) is 85.2 cm³/mol. The van der Waals surface area contributed by atoms with Crippen molar-refractivity contribution in [2.45, 2.75) is 0 Å². The highest BCUT2D eigenvalue weighted by atomic mass is 16.3. The number of furan rings is 1. The third-order valence-corrected chi connectivity index (χ3v) is 3.48. The van der Waals surface area contributed by atoms with E-state index < -0.39 is 0 Å². The summed E-state index contributed by atoms with van der Waals surface area (Å²) in [5.41, 5.74) is 2.95. The molecule has 2 aromatic heterocycles. The molecule has 0 fully saturated rings. The fraction of sp³-hybridized carbons (Fsp3) is 0. The Morgan fingerprint density at radius 2 is 1.90 bits per heavy atom. The number of aliphatic imine (C=N–C) groups is 1. The number of hydrogen-bond acceptors (Lipinski definition) is 3. The standard InChI is InChI=1S/C18H12N2O/c1-3-15-11-21-12-16(15)18(5-1)20-10-13-6-7-17-14(9-13)4-2-8-19-17/h1-12H. The molecule has 0 N–H and O–H groups in total. The maximum absolute atomic E-state index is 5.23. The molecule has 0 aliphatic heterocycles. The van der Waals surface area contributed by atoms with Gasteiger partial charge in [0.1, 0.15) is 6.26 Å². The second-order valence-electron chi connectivity index (χ2n) is 4.87. The van der Waals surface area contributed by atoms with Crippen LogP contribution in [0.15, 0.2) is 76.7 Å². The van der Waals surface area contributed by atoms with E-state index in [1.165, 1.54) is 0 Å². The molecule has 3 heteroatoms. The van der Waals surface area contributed by atoms with Crippen LogP contribution in [0.2, 0.25) is 0 Å². The quantitative estimate of drug-likeness (QED) is 0.495. The van der Waals surface area contributed by atoms with Crippen molar-refractivity contribution in [2.24, 2.45) is 4.99 Å². The molecule has 2 heterocycles. The lowest BCUT2D eigenvalue weighted by Crippen LogP contribution is -1.83. The summed E-state index contributed by atoms with van der Waals surface area (Å²) in [6, 6.07) is 16.1. The molecule has 0 saturated heterocycles. The molecule has 21 heavy (non-hydrogen) atoms. The maximum Gasteiger partial charge on any atom is 0.100 e. The van der Waals surface area contributed by atoms with Gasteiger partial charge in [0, 0.05) is 28.6 Å². The molecule has 0 unspecified atom stereocenters. The molecule has 0 amide bonds. The van der Waals surface area contributed by atoms with Crippen molar-refractivity contribution in [3.8, 4) is 0 Å². The number of rotatable bonds is 2. The molecule has 4 rings (SSSR count). The van der Waals surface area contributed by atoms with E-state index in [4.69, 9.17) is 4.42 Å².